The third-order valence-corrected chi connectivity index (χ3v) is 1.96. The zero-order valence-electron chi connectivity index (χ0n) is 8.55. The molecule has 0 heterocycles. The highest BCUT2D eigenvalue weighted by atomic mass is 16.2. The fourth-order valence-electron chi connectivity index (χ4n) is 0.728. The van der Waals surface area contributed by atoms with Crippen molar-refractivity contribution in [2.45, 2.75) is 20.3 Å². The van der Waals surface area contributed by atoms with E-state index < -0.39 is 0 Å². The van der Waals surface area contributed by atoms with Gasteiger partial charge in [0.2, 0.25) is 5.91 Å². The SMILES string of the molecule is CC[C@H](C)CNCC(=O)N(C)C. The Bertz CT molecular complexity index is 134. The molecule has 0 bridgehead atoms. The van der Waals surface area contributed by atoms with E-state index >= 15 is 0 Å². The first-order valence-corrected chi connectivity index (χ1v) is 4.48. The molecule has 1 atom stereocenters. The second-order valence-electron chi connectivity index (χ2n) is 3.43. The Labute approximate surface area is 75.1 Å². The maximum atomic E-state index is 11.1. The Morgan fingerprint density at radius 1 is 1.50 bits per heavy atom. The number of amides is 1. The second kappa shape index (κ2) is 6.00. The van der Waals surface area contributed by atoms with Crippen LogP contribution in [-0.2, 0) is 4.79 Å². The first-order chi connectivity index (χ1) is 5.57. The standard InChI is InChI=1S/C9H20N2O/c1-5-8(2)6-10-7-9(12)11(3)4/h8,10H,5-7H2,1-4H3/t8-/m0/s1. The van der Waals surface area contributed by atoms with Crippen molar-refractivity contribution in [3.8, 4) is 0 Å². The van der Waals surface area contributed by atoms with Gasteiger partial charge in [0.05, 0.1) is 6.54 Å². The number of hydrogen-bond acceptors (Lipinski definition) is 2. The minimum Gasteiger partial charge on any atom is -0.348 e. The van der Waals surface area contributed by atoms with Crippen LogP contribution in [0.3, 0.4) is 0 Å². The van der Waals surface area contributed by atoms with Crippen LogP contribution in [0.4, 0.5) is 0 Å². The van der Waals surface area contributed by atoms with Crippen LogP contribution in [0, 0.1) is 5.92 Å². The number of carbonyl (C=O) groups excluding carboxylic acids is 1. The van der Waals surface area contributed by atoms with Gasteiger partial charge in [0.25, 0.3) is 0 Å². The molecule has 72 valence electrons. The van der Waals surface area contributed by atoms with Gasteiger partial charge in [-0.2, -0.15) is 0 Å². The topological polar surface area (TPSA) is 32.3 Å². The minimum atomic E-state index is 0.137. The maximum Gasteiger partial charge on any atom is 0.236 e. The highest BCUT2D eigenvalue weighted by molar-refractivity contribution is 5.77. The number of hydrogen-bond donors (Lipinski definition) is 1. The van der Waals surface area contributed by atoms with Crippen molar-refractivity contribution in [3.05, 3.63) is 0 Å². The van der Waals surface area contributed by atoms with Crippen molar-refractivity contribution >= 4 is 5.91 Å². The minimum absolute atomic E-state index is 0.137. The molecule has 0 aromatic rings. The summed E-state index contributed by atoms with van der Waals surface area (Å²) >= 11 is 0. The summed E-state index contributed by atoms with van der Waals surface area (Å²) in [4.78, 5) is 12.7. The number of nitrogens with zero attached hydrogens (tertiary/aromatic N) is 1. The number of carbonyl (C=O) groups is 1. The second-order valence-corrected chi connectivity index (χ2v) is 3.43. The lowest BCUT2D eigenvalue weighted by atomic mass is 10.1. The zero-order valence-corrected chi connectivity index (χ0v) is 8.55. The number of nitrogens with one attached hydrogen (secondary N) is 1. The molecule has 1 amide bonds. The van der Waals surface area contributed by atoms with E-state index in [0.717, 1.165) is 13.0 Å². The highest BCUT2D eigenvalue weighted by Gasteiger charge is 2.03. The Morgan fingerprint density at radius 2 is 2.08 bits per heavy atom. The first-order valence-electron chi connectivity index (χ1n) is 4.48. The van der Waals surface area contributed by atoms with Crippen LogP contribution in [0.25, 0.3) is 0 Å². The van der Waals surface area contributed by atoms with Crippen LogP contribution in [0.2, 0.25) is 0 Å². The van der Waals surface area contributed by atoms with Crippen LogP contribution in [0.1, 0.15) is 20.3 Å². The Balaban J connectivity index is 3.37. The molecule has 0 rings (SSSR count). The fourth-order valence-corrected chi connectivity index (χ4v) is 0.728. The Kier molecular flexibility index (Phi) is 5.72. The quantitative estimate of drug-likeness (QED) is 0.662. The molecule has 0 saturated heterocycles. The Hall–Kier alpha value is -0.570. The summed E-state index contributed by atoms with van der Waals surface area (Å²) in [5, 5.41) is 3.13. The predicted octanol–water partition coefficient (Wildman–Crippen LogP) is 0.710. The summed E-state index contributed by atoms with van der Waals surface area (Å²) in [6.45, 7) is 5.71. The molecule has 0 aliphatic heterocycles. The molecule has 12 heavy (non-hydrogen) atoms. The third kappa shape index (κ3) is 5.13. The molecule has 0 radical (unpaired) electrons. The van der Waals surface area contributed by atoms with E-state index in [1.165, 1.54) is 0 Å². The lowest BCUT2D eigenvalue weighted by Gasteiger charge is -2.13. The number of rotatable bonds is 5. The smallest absolute Gasteiger partial charge is 0.236 e. The van der Waals surface area contributed by atoms with Gasteiger partial charge in [-0.05, 0) is 12.5 Å². The van der Waals surface area contributed by atoms with Crippen molar-refractivity contribution in [1.29, 1.82) is 0 Å². The normalized spacial score (nSPS) is 12.7. The molecule has 0 aliphatic rings. The first kappa shape index (κ1) is 11.4. The molecule has 3 heteroatoms. The van der Waals surface area contributed by atoms with Crippen LogP contribution >= 0.6 is 0 Å². The lowest BCUT2D eigenvalue weighted by Crippen LogP contribution is -2.34. The third-order valence-electron chi connectivity index (χ3n) is 1.96. The van der Waals surface area contributed by atoms with Gasteiger partial charge < -0.3 is 10.2 Å². The Morgan fingerprint density at radius 3 is 2.50 bits per heavy atom. The van der Waals surface area contributed by atoms with Gasteiger partial charge in [0.15, 0.2) is 0 Å². The molecule has 0 saturated carbocycles. The highest BCUT2D eigenvalue weighted by Crippen LogP contribution is 1.96. The molecule has 0 spiro atoms. The molecule has 0 aromatic heterocycles. The fraction of sp³-hybridized carbons (Fsp3) is 0.889. The summed E-state index contributed by atoms with van der Waals surface area (Å²) in [5.41, 5.74) is 0. The lowest BCUT2D eigenvalue weighted by molar-refractivity contribution is -0.127. The van der Waals surface area contributed by atoms with E-state index in [1.807, 2.05) is 0 Å². The molecule has 0 aliphatic carbocycles. The van der Waals surface area contributed by atoms with Crippen molar-refractivity contribution in [1.82, 2.24) is 10.2 Å². The van der Waals surface area contributed by atoms with E-state index in [4.69, 9.17) is 0 Å². The monoisotopic (exact) mass is 172 g/mol. The molecule has 0 aromatic carbocycles. The van der Waals surface area contributed by atoms with Gasteiger partial charge in [-0.15, -0.1) is 0 Å². The molecule has 1 N–H and O–H groups in total. The summed E-state index contributed by atoms with van der Waals surface area (Å²) in [5.74, 6) is 0.790. The van der Waals surface area contributed by atoms with Gasteiger partial charge in [0, 0.05) is 14.1 Å². The van der Waals surface area contributed by atoms with Crippen molar-refractivity contribution in [2.75, 3.05) is 27.2 Å². The van der Waals surface area contributed by atoms with Crippen LogP contribution in [0.5, 0.6) is 0 Å². The van der Waals surface area contributed by atoms with Crippen molar-refractivity contribution in [3.63, 3.8) is 0 Å². The van der Waals surface area contributed by atoms with E-state index in [9.17, 15) is 4.79 Å². The van der Waals surface area contributed by atoms with Gasteiger partial charge in [-0.25, -0.2) is 0 Å². The maximum absolute atomic E-state index is 11.1. The largest absolute Gasteiger partial charge is 0.348 e. The van der Waals surface area contributed by atoms with E-state index in [1.54, 1.807) is 19.0 Å². The summed E-state index contributed by atoms with van der Waals surface area (Å²) in [6, 6.07) is 0. The van der Waals surface area contributed by atoms with E-state index in [2.05, 4.69) is 19.2 Å². The van der Waals surface area contributed by atoms with Gasteiger partial charge in [-0.3, -0.25) is 4.79 Å². The summed E-state index contributed by atoms with van der Waals surface area (Å²) in [7, 11) is 3.54. The van der Waals surface area contributed by atoms with E-state index in [0.29, 0.717) is 12.5 Å². The summed E-state index contributed by atoms with van der Waals surface area (Å²) in [6.07, 6.45) is 1.16. The van der Waals surface area contributed by atoms with Crippen LogP contribution in [0.15, 0.2) is 0 Å². The average Bonchev–Trinajstić information content (AvgIpc) is 2.03. The van der Waals surface area contributed by atoms with Crippen LogP contribution in [-0.4, -0.2) is 38.0 Å². The van der Waals surface area contributed by atoms with Crippen molar-refractivity contribution < 1.29 is 4.79 Å². The van der Waals surface area contributed by atoms with Gasteiger partial charge in [0.1, 0.15) is 0 Å². The van der Waals surface area contributed by atoms with Gasteiger partial charge >= 0.3 is 0 Å². The molecule has 3 nitrogen and oxygen atoms in total. The average molecular weight is 172 g/mol. The van der Waals surface area contributed by atoms with Crippen LogP contribution < -0.4 is 5.32 Å². The molecular weight excluding hydrogens is 152 g/mol. The van der Waals surface area contributed by atoms with E-state index in [-0.39, 0.29) is 5.91 Å². The molecule has 0 unspecified atom stereocenters. The molecule has 0 fully saturated rings. The van der Waals surface area contributed by atoms with Gasteiger partial charge in [-0.1, -0.05) is 20.3 Å². The predicted molar refractivity (Wildman–Crippen MR) is 51.0 cm³/mol. The summed E-state index contributed by atoms with van der Waals surface area (Å²) < 4.78 is 0. The number of likely N-dealkylation sites (N-methyl/N-ethyl adjacent to an activating group) is 1. The zero-order chi connectivity index (χ0) is 9.56. The van der Waals surface area contributed by atoms with Crippen molar-refractivity contribution in [2.24, 2.45) is 5.92 Å². The molecular formula is C9H20N2O.